The standard InChI is InChI=1S/C27H32N4O/c1-3-31(4-2)20-8-19-29-27(32)23-13-16-25(17-14-23)30-26-11-7-9-22(21-26)12-15-24-10-5-6-18-28-24/h5-7,9-18,21,30H,3-4,8,19-20H2,1-2H3,(H,29,32). The van der Waals surface area contributed by atoms with Crippen molar-refractivity contribution in [1.82, 2.24) is 15.2 Å². The van der Waals surface area contributed by atoms with Gasteiger partial charge in [-0.25, -0.2) is 0 Å². The fourth-order valence-corrected chi connectivity index (χ4v) is 3.39. The number of nitrogens with one attached hydrogen (secondary N) is 2. The summed E-state index contributed by atoms with van der Waals surface area (Å²) < 4.78 is 0. The average Bonchev–Trinajstić information content (AvgIpc) is 2.84. The van der Waals surface area contributed by atoms with Crippen LogP contribution in [-0.2, 0) is 0 Å². The van der Waals surface area contributed by atoms with E-state index < -0.39 is 0 Å². The molecule has 0 atom stereocenters. The van der Waals surface area contributed by atoms with Crippen LogP contribution in [-0.4, -0.2) is 42.0 Å². The van der Waals surface area contributed by atoms with Crippen LogP contribution < -0.4 is 10.6 Å². The molecule has 2 N–H and O–H groups in total. The molecule has 1 aromatic heterocycles. The molecular formula is C27H32N4O. The number of aromatic nitrogens is 1. The number of pyridine rings is 1. The van der Waals surface area contributed by atoms with Gasteiger partial charge in [-0.1, -0.05) is 38.1 Å². The summed E-state index contributed by atoms with van der Waals surface area (Å²) in [5, 5.41) is 6.41. The van der Waals surface area contributed by atoms with Crippen molar-refractivity contribution < 1.29 is 4.79 Å². The van der Waals surface area contributed by atoms with Crippen molar-refractivity contribution in [2.24, 2.45) is 0 Å². The van der Waals surface area contributed by atoms with Gasteiger partial charge in [-0.05, 0) is 86.2 Å². The van der Waals surface area contributed by atoms with E-state index in [2.05, 4.69) is 46.5 Å². The van der Waals surface area contributed by atoms with Crippen LogP contribution in [0.4, 0.5) is 11.4 Å². The number of hydrogen-bond donors (Lipinski definition) is 2. The quantitative estimate of drug-likeness (QED) is 0.398. The Bertz CT molecular complexity index is 996. The molecule has 0 fully saturated rings. The normalized spacial score (nSPS) is 11.1. The van der Waals surface area contributed by atoms with Gasteiger partial charge < -0.3 is 15.5 Å². The van der Waals surface area contributed by atoms with Crippen molar-refractivity contribution in [2.75, 3.05) is 31.5 Å². The highest BCUT2D eigenvalue weighted by Crippen LogP contribution is 2.19. The second-order valence-electron chi connectivity index (χ2n) is 7.55. The maximum absolute atomic E-state index is 12.4. The Labute approximate surface area is 191 Å². The summed E-state index contributed by atoms with van der Waals surface area (Å²) in [5.41, 5.74) is 4.61. The van der Waals surface area contributed by atoms with Gasteiger partial charge in [0.1, 0.15) is 0 Å². The average molecular weight is 429 g/mol. The summed E-state index contributed by atoms with van der Waals surface area (Å²) in [4.78, 5) is 19.0. The summed E-state index contributed by atoms with van der Waals surface area (Å²) >= 11 is 0. The first kappa shape index (κ1) is 23.2. The van der Waals surface area contributed by atoms with Crippen molar-refractivity contribution in [3.8, 4) is 0 Å². The van der Waals surface area contributed by atoms with Crippen molar-refractivity contribution >= 4 is 29.4 Å². The molecular weight excluding hydrogens is 396 g/mol. The van der Waals surface area contributed by atoms with Crippen LogP contribution in [0.25, 0.3) is 12.2 Å². The smallest absolute Gasteiger partial charge is 0.251 e. The number of amides is 1. The number of benzene rings is 2. The highest BCUT2D eigenvalue weighted by atomic mass is 16.1. The van der Waals surface area contributed by atoms with Crippen LogP contribution in [0.5, 0.6) is 0 Å². The molecule has 0 aliphatic carbocycles. The maximum Gasteiger partial charge on any atom is 0.251 e. The number of hydrogen-bond acceptors (Lipinski definition) is 4. The monoisotopic (exact) mass is 428 g/mol. The molecule has 0 aliphatic rings. The van der Waals surface area contributed by atoms with E-state index in [0.717, 1.165) is 48.7 Å². The fourth-order valence-electron chi connectivity index (χ4n) is 3.39. The van der Waals surface area contributed by atoms with Crippen molar-refractivity contribution in [2.45, 2.75) is 20.3 Å². The first-order valence-corrected chi connectivity index (χ1v) is 11.2. The third-order valence-corrected chi connectivity index (χ3v) is 5.29. The van der Waals surface area contributed by atoms with E-state index >= 15 is 0 Å². The Morgan fingerprint density at radius 3 is 2.47 bits per heavy atom. The van der Waals surface area contributed by atoms with E-state index in [1.165, 1.54) is 0 Å². The number of nitrogens with zero attached hydrogens (tertiary/aromatic N) is 2. The highest BCUT2D eigenvalue weighted by Gasteiger charge is 2.06. The highest BCUT2D eigenvalue weighted by molar-refractivity contribution is 5.94. The topological polar surface area (TPSA) is 57.3 Å². The largest absolute Gasteiger partial charge is 0.356 e. The SMILES string of the molecule is CCN(CC)CCCNC(=O)c1ccc(Nc2cccc(C=Cc3ccccn3)c2)cc1. The lowest BCUT2D eigenvalue weighted by Crippen LogP contribution is -2.29. The van der Waals surface area contributed by atoms with E-state index in [-0.39, 0.29) is 5.91 Å². The molecule has 3 aromatic rings. The first-order chi connectivity index (χ1) is 15.7. The molecule has 0 saturated heterocycles. The molecule has 5 heteroatoms. The van der Waals surface area contributed by atoms with Crippen molar-refractivity contribution in [3.05, 3.63) is 89.7 Å². The van der Waals surface area contributed by atoms with Gasteiger partial charge in [-0.2, -0.15) is 0 Å². The summed E-state index contributed by atoms with van der Waals surface area (Å²) in [6.45, 7) is 8.10. The van der Waals surface area contributed by atoms with Crippen LogP contribution >= 0.6 is 0 Å². The van der Waals surface area contributed by atoms with Gasteiger partial charge in [0.2, 0.25) is 0 Å². The minimum atomic E-state index is -0.0299. The molecule has 32 heavy (non-hydrogen) atoms. The summed E-state index contributed by atoms with van der Waals surface area (Å²) in [6, 6.07) is 21.6. The molecule has 0 radical (unpaired) electrons. The van der Waals surface area contributed by atoms with Crippen LogP contribution in [0.1, 0.15) is 41.9 Å². The second-order valence-corrected chi connectivity index (χ2v) is 7.55. The minimum Gasteiger partial charge on any atom is -0.356 e. The molecule has 0 unspecified atom stereocenters. The van der Waals surface area contributed by atoms with E-state index in [4.69, 9.17) is 0 Å². The zero-order valence-electron chi connectivity index (χ0n) is 18.9. The summed E-state index contributed by atoms with van der Waals surface area (Å²) in [5.74, 6) is -0.0299. The second kappa shape index (κ2) is 12.4. The zero-order valence-corrected chi connectivity index (χ0v) is 18.9. The van der Waals surface area contributed by atoms with Gasteiger partial charge in [0.05, 0.1) is 5.69 Å². The van der Waals surface area contributed by atoms with Gasteiger partial charge in [-0.3, -0.25) is 9.78 Å². The Kier molecular flexibility index (Phi) is 9.02. The number of carbonyl (C=O) groups excluding carboxylic acids is 1. The van der Waals surface area contributed by atoms with Crippen LogP contribution in [0, 0.1) is 0 Å². The van der Waals surface area contributed by atoms with Crippen molar-refractivity contribution in [3.63, 3.8) is 0 Å². The van der Waals surface area contributed by atoms with Gasteiger partial charge in [-0.15, -0.1) is 0 Å². The number of carbonyl (C=O) groups is 1. The van der Waals surface area contributed by atoms with Crippen molar-refractivity contribution in [1.29, 1.82) is 0 Å². The van der Waals surface area contributed by atoms with E-state index in [1.54, 1.807) is 6.20 Å². The van der Waals surface area contributed by atoms with E-state index in [0.29, 0.717) is 12.1 Å². The zero-order chi connectivity index (χ0) is 22.6. The predicted molar refractivity (Wildman–Crippen MR) is 134 cm³/mol. The maximum atomic E-state index is 12.4. The molecule has 3 rings (SSSR count). The molecule has 1 amide bonds. The van der Waals surface area contributed by atoms with Gasteiger partial charge >= 0.3 is 0 Å². The van der Waals surface area contributed by atoms with E-state index in [9.17, 15) is 4.79 Å². The lowest BCUT2D eigenvalue weighted by atomic mass is 10.1. The molecule has 0 aliphatic heterocycles. The van der Waals surface area contributed by atoms with Gasteiger partial charge in [0, 0.05) is 29.7 Å². The van der Waals surface area contributed by atoms with Crippen LogP contribution in [0.2, 0.25) is 0 Å². The molecule has 2 aromatic carbocycles. The molecule has 0 saturated carbocycles. The third-order valence-electron chi connectivity index (χ3n) is 5.29. The Morgan fingerprint density at radius 2 is 1.75 bits per heavy atom. The lowest BCUT2D eigenvalue weighted by Gasteiger charge is -2.17. The summed E-state index contributed by atoms with van der Waals surface area (Å²) in [6.07, 6.45) is 6.78. The Hall–Kier alpha value is -3.44. The molecule has 0 spiro atoms. The Balaban J connectivity index is 1.52. The fraction of sp³-hybridized carbons (Fsp3) is 0.259. The number of rotatable bonds is 11. The first-order valence-electron chi connectivity index (χ1n) is 11.2. The van der Waals surface area contributed by atoms with E-state index in [1.807, 2.05) is 66.7 Å². The molecule has 0 bridgehead atoms. The molecule has 1 heterocycles. The van der Waals surface area contributed by atoms with Crippen LogP contribution in [0.15, 0.2) is 72.9 Å². The minimum absolute atomic E-state index is 0.0299. The number of anilines is 2. The third kappa shape index (κ3) is 7.36. The predicted octanol–water partition coefficient (Wildman–Crippen LogP) is 5.46. The summed E-state index contributed by atoms with van der Waals surface area (Å²) in [7, 11) is 0. The molecule has 166 valence electrons. The van der Waals surface area contributed by atoms with Gasteiger partial charge in [0.15, 0.2) is 0 Å². The lowest BCUT2D eigenvalue weighted by molar-refractivity contribution is 0.0952. The Morgan fingerprint density at radius 1 is 0.938 bits per heavy atom. The van der Waals surface area contributed by atoms with Gasteiger partial charge in [0.25, 0.3) is 5.91 Å². The molecule has 5 nitrogen and oxygen atoms in total. The van der Waals surface area contributed by atoms with Crippen LogP contribution in [0.3, 0.4) is 0 Å².